The fourth-order valence-electron chi connectivity index (χ4n) is 4.48. The molecule has 1 aliphatic rings. The number of H-pyrrole nitrogens is 1. The molecule has 36 heavy (non-hydrogen) atoms. The van der Waals surface area contributed by atoms with Crippen LogP contribution in [0.2, 0.25) is 0 Å². The van der Waals surface area contributed by atoms with E-state index in [1.807, 2.05) is 25.1 Å². The number of aromatic nitrogens is 4. The number of hydrogen-bond donors (Lipinski definition) is 4. The van der Waals surface area contributed by atoms with Gasteiger partial charge in [-0.2, -0.15) is 0 Å². The summed E-state index contributed by atoms with van der Waals surface area (Å²) in [6.07, 6.45) is 7.79. The lowest BCUT2D eigenvalue weighted by Gasteiger charge is -2.17. The van der Waals surface area contributed by atoms with Crippen LogP contribution in [0.3, 0.4) is 0 Å². The molecule has 2 aromatic heterocycles. The molecule has 0 aliphatic heterocycles. The minimum absolute atomic E-state index is 0.163. The first kappa shape index (κ1) is 25.5. The molecule has 2 amide bonds. The summed E-state index contributed by atoms with van der Waals surface area (Å²) < 4.78 is 0. The van der Waals surface area contributed by atoms with Gasteiger partial charge in [-0.1, -0.05) is 31.7 Å². The number of pyridine rings is 1. The van der Waals surface area contributed by atoms with Gasteiger partial charge in [0.1, 0.15) is 11.6 Å². The maximum atomic E-state index is 12.7. The fourth-order valence-corrected chi connectivity index (χ4v) is 4.48. The van der Waals surface area contributed by atoms with Crippen LogP contribution < -0.4 is 10.6 Å². The molecule has 0 spiro atoms. The summed E-state index contributed by atoms with van der Waals surface area (Å²) in [5.41, 5.74) is 2.35. The van der Waals surface area contributed by atoms with Gasteiger partial charge in [-0.3, -0.25) is 9.59 Å². The standard InChI is InChI=1S/C27H34N6O3/c1-17-8-9-20(25(34)29-13-11-27(2,3)36)15-21(17)19-10-12-28-22(16-19)31-26(35)24-30-23(32-33-24)14-18-6-4-5-7-18/h8-10,12,15-16,18,36H,4-7,11,13-14H2,1-3H3,(H,29,34)(H,28,31,35)(H,30,32,33). The van der Waals surface area contributed by atoms with Crippen LogP contribution in [0.25, 0.3) is 11.1 Å². The van der Waals surface area contributed by atoms with Crippen LogP contribution in [-0.4, -0.2) is 49.2 Å². The number of aliphatic hydroxyl groups is 1. The Labute approximate surface area is 211 Å². The van der Waals surface area contributed by atoms with Crippen molar-refractivity contribution in [1.29, 1.82) is 0 Å². The van der Waals surface area contributed by atoms with Crippen molar-refractivity contribution in [1.82, 2.24) is 25.5 Å². The summed E-state index contributed by atoms with van der Waals surface area (Å²) in [6.45, 7) is 5.76. The second-order valence-corrected chi connectivity index (χ2v) is 10.2. The van der Waals surface area contributed by atoms with E-state index in [1.165, 1.54) is 25.7 Å². The molecule has 1 saturated carbocycles. The van der Waals surface area contributed by atoms with Gasteiger partial charge in [0, 0.05) is 24.7 Å². The quantitative estimate of drug-likeness (QED) is 0.358. The van der Waals surface area contributed by atoms with E-state index in [-0.39, 0.29) is 11.7 Å². The molecule has 0 saturated heterocycles. The lowest BCUT2D eigenvalue weighted by atomic mass is 9.98. The van der Waals surface area contributed by atoms with Crippen molar-refractivity contribution in [2.24, 2.45) is 5.92 Å². The maximum absolute atomic E-state index is 12.7. The molecule has 9 nitrogen and oxygen atoms in total. The number of aromatic amines is 1. The monoisotopic (exact) mass is 490 g/mol. The summed E-state index contributed by atoms with van der Waals surface area (Å²) in [4.78, 5) is 32.7. The number of nitrogens with one attached hydrogen (secondary N) is 3. The highest BCUT2D eigenvalue weighted by molar-refractivity contribution is 6.01. The van der Waals surface area contributed by atoms with Crippen molar-refractivity contribution < 1.29 is 14.7 Å². The number of anilines is 1. The molecular formula is C27H34N6O3. The highest BCUT2D eigenvalue weighted by atomic mass is 16.3. The number of benzene rings is 1. The van der Waals surface area contributed by atoms with Gasteiger partial charge >= 0.3 is 0 Å². The highest BCUT2D eigenvalue weighted by Crippen LogP contribution is 2.28. The van der Waals surface area contributed by atoms with E-state index < -0.39 is 11.5 Å². The molecule has 1 fully saturated rings. The van der Waals surface area contributed by atoms with Crippen LogP contribution in [0, 0.1) is 12.8 Å². The highest BCUT2D eigenvalue weighted by Gasteiger charge is 2.19. The Morgan fingerprint density at radius 1 is 1.11 bits per heavy atom. The molecule has 4 rings (SSSR count). The number of carbonyl (C=O) groups is 2. The topological polar surface area (TPSA) is 133 Å². The third kappa shape index (κ3) is 6.75. The molecule has 1 aliphatic carbocycles. The Morgan fingerprint density at radius 2 is 1.89 bits per heavy atom. The lowest BCUT2D eigenvalue weighted by Crippen LogP contribution is -2.30. The predicted molar refractivity (Wildman–Crippen MR) is 138 cm³/mol. The van der Waals surface area contributed by atoms with Gasteiger partial charge in [0.25, 0.3) is 11.8 Å². The Morgan fingerprint density at radius 3 is 2.64 bits per heavy atom. The normalized spacial score (nSPS) is 14.1. The van der Waals surface area contributed by atoms with E-state index in [4.69, 9.17) is 0 Å². The minimum Gasteiger partial charge on any atom is -0.390 e. The van der Waals surface area contributed by atoms with Crippen LogP contribution in [0.5, 0.6) is 0 Å². The fraction of sp³-hybridized carbons (Fsp3) is 0.444. The zero-order valence-corrected chi connectivity index (χ0v) is 21.1. The number of hydrogen-bond acceptors (Lipinski definition) is 6. The Balaban J connectivity index is 1.44. The molecule has 3 aromatic rings. The van der Waals surface area contributed by atoms with Crippen LogP contribution in [0.1, 0.15) is 78.3 Å². The molecule has 0 bridgehead atoms. The van der Waals surface area contributed by atoms with Crippen molar-refractivity contribution in [3.63, 3.8) is 0 Å². The first-order valence-electron chi connectivity index (χ1n) is 12.5. The van der Waals surface area contributed by atoms with Gasteiger partial charge in [-0.05, 0) is 74.1 Å². The summed E-state index contributed by atoms with van der Waals surface area (Å²) in [5, 5.41) is 23.6. The number of nitrogens with zero attached hydrogens (tertiary/aromatic N) is 3. The molecule has 0 radical (unpaired) electrons. The molecule has 0 atom stereocenters. The molecule has 1 aromatic carbocycles. The summed E-state index contributed by atoms with van der Waals surface area (Å²) in [7, 11) is 0. The SMILES string of the molecule is Cc1ccc(C(=O)NCCC(C)(C)O)cc1-c1ccnc(NC(=O)c2nnc(CC3CCCC3)[nH]2)c1. The van der Waals surface area contributed by atoms with E-state index in [2.05, 4.69) is 30.8 Å². The van der Waals surface area contributed by atoms with Crippen molar-refractivity contribution in [2.45, 2.75) is 64.9 Å². The maximum Gasteiger partial charge on any atom is 0.294 e. The molecular weight excluding hydrogens is 456 g/mol. The zero-order chi connectivity index (χ0) is 25.7. The Bertz CT molecular complexity index is 1220. The summed E-state index contributed by atoms with van der Waals surface area (Å²) in [6, 6.07) is 9.09. The van der Waals surface area contributed by atoms with E-state index in [0.717, 1.165) is 28.9 Å². The van der Waals surface area contributed by atoms with Gasteiger partial charge < -0.3 is 20.7 Å². The second kappa shape index (κ2) is 11.0. The van der Waals surface area contributed by atoms with Gasteiger partial charge in [0.15, 0.2) is 0 Å². The molecule has 2 heterocycles. The third-order valence-electron chi connectivity index (χ3n) is 6.54. The van der Waals surface area contributed by atoms with Crippen molar-refractivity contribution in [3.8, 4) is 11.1 Å². The molecule has 0 unspecified atom stereocenters. The second-order valence-electron chi connectivity index (χ2n) is 10.2. The van der Waals surface area contributed by atoms with Crippen LogP contribution in [-0.2, 0) is 6.42 Å². The summed E-state index contributed by atoms with van der Waals surface area (Å²) >= 11 is 0. The minimum atomic E-state index is -0.840. The van der Waals surface area contributed by atoms with Crippen molar-refractivity contribution in [3.05, 3.63) is 59.3 Å². The van der Waals surface area contributed by atoms with Crippen molar-refractivity contribution >= 4 is 17.6 Å². The Kier molecular flexibility index (Phi) is 7.79. The molecule has 9 heteroatoms. The third-order valence-corrected chi connectivity index (χ3v) is 6.54. The number of amides is 2. The lowest BCUT2D eigenvalue weighted by molar-refractivity contribution is 0.0692. The average molecular weight is 491 g/mol. The van der Waals surface area contributed by atoms with Crippen molar-refractivity contribution in [2.75, 3.05) is 11.9 Å². The van der Waals surface area contributed by atoms with E-state index in [1.54, 1.807) is 32.2 Å². The number of aryl methyl sites for hydroxylation is 1. The van der Waals surface area contributed by atoms with Crippen LogP contribution in [0.15, 0.2) is 36.5 Å². The van der Waals surface area contributed by atoms with Crippen LogP contribution >= 0.6 is 0 Å². The molecule has 4 N–H and O–H groups in total. The van der Waals surface area contributed by atoms with Gasteiger partial charge in [0.05, 0.1) is 5.60 Å². The summed E-state index contributed by atoms with van der Waals surface area (Å²) in [5.74, 6) is 1.28. The predicted octanol–water partition coefficient (Wildman–Crippen LogP) is 4.05. The number of rotatable bonds is 9. The van der Waals surface area contributed by atoms with E-state index in [0.29, 0.717) is 30.3 Å². The smallest absolute Gasteiger partial charge is 0.294 e. The van der Waals surface area contributed by atoms with Gasteiger partial charge in [0.2, 0.25) is 5.82 Å². The van der Waals surface area contributed by atoms with E-state index >= 15 is 0 Å². The van der Waals surface area contributed by atoms with Gasteiger partial charge in [-0.25, -0.2) is 4.98 Å². The molecule has 190 valence electrons. The largest absolute Gasteiger partial charge is 0.390 e. The van der Waals surface area contributed by atoms with Gasteiger partial charge in [-0.15, -0.1) is 10.2 Å². The van der Waals surface area contributed by atoms with E-state index in [9.17, 15) is 14.7 Å². The average Bonchev–Trinajstić information content (AvgIpc) is 3.51. The zero-order valence-electron chi connectivity index (χ0n) is 21.1. The Hall–Kier alpha value is -3.59. The van der Waals surface area contributed by atoms with Crippen LogP contribution in [0.4, 0.5) is 5.82 Å². The number of carbonyl (C=O) groups excluding carboxylic acids is 2. The first-order valence-corrected chi connectivity index (χ1v) is 12.5. The first-order chi connectivity index (χ1) is 17.2.